The monoisotopic (exact) mass is 228 g/mol. The Morgan fingerprint density at radius 3 is 2.50 bits per heavy atom. The number of benzene rings is 1. The minimum Gasteiger partial charge on any atom is -0.493 e. The van der Waals surface area contributed by atoms with Crippen molar-refractivity contribution in [1.82, 2.24) is 0 Å². The molecule has 3 nitrogen and oxygen atoms in total. The first-order valence-electron chi connectivity index (χ1n) is 5.29. The predicted molar refractivity (Wildman–Crippen MR) is 58.8 cm³/mol. The van der Waals surface area contributed by atoms with Crippen LogP contribution in [0.2, 0.25) is 0 Å². The minimum absolute atomic E-state index is 0.253. The van der Waals surface area contributed by atoms with E-state index in [1.165, 1.54) is 19.1 Å². The third-order valence-corrected chi connectivity index (χ3v) is 2.23. The molecule has 0 aliphatic carbocycles. The fraction of sp³-hybridized carbons (Fsp3) is 0.500. The van der Waals surface area contributed by atoms with Crippen molar-refractivity contribution in [3.05, 3.63) is 29.6 Å². The first-order valence-corrected chi connectivity index (χ1v) is 5.29. The fourth-order valence-corrected chi connectivity index (χ4v) is 1.28. The standard InChI is InChI=1S/C12H17FO3/c1-8(14)5-6-16-10-3-4-11(9(2)15)12(13)7-10/h3-4,7-9,14-15H,5-6H2,1-2H3. The summed E-state index contributed by atoms with van der Waals surface area (Å²) in [7, 11) is 0. The first-order chi connectivity index (χ1) is 7.50. The normalized spacial score (nSPS) is 14.6. The van der Waals surface area contributed by atoms with Crippen LogP contribution in [0.3, 0.4) is 0 Å². The van der Waals surface area contributed by atoms with E-state index >= 15 is 0 Å². The van der Waals surface area contributed by atoms with Gasteiger partial charge in [0.05, 0.1) is 18.8 Å². The van der Waals surface area contributed by atoms with Gasteiger partial charge in [-0.2, -0.15) is 0 Å². The van der Waals surface area contributed by atoms with Crippen molar-refractivity contribution < 1.29 is 19.3 Å². The maximum absolute atomic E-state index is 13.4. The summed E-state index contributed by atoms with van der Waals surface area (Å²) in [6.07, 6.45) is -0.757. The van der Waals surface area contributed by atoms with Gasteiger partial charge >= 0.3 is 0 Å². The lowest BCUT2D eigenvalue weighted by atomic mass is 10.1. The average Bonchev–Trinajstić information content (AvgIpc) is 2.16. The Hall–Kier alpha value is -1.13. The summed E-state index contributed by atoms with van der Waals surface area (Å²) in [6.45, 7) is 3.51. The Kier molecular flexibility index (Phi) is 4.71. The molecule has 0 saturated heterocycles. The van der Waals surface area contributed by atoms with E-state index in [9.17, 15) is 9.50 Å². The second-order valence-corrected chi connectivity index (χ2v) is 3.85. The van der Waals surface area contributed by atoms with Crippen molar-refractivity contribution in [1.29, 1.82) is 0 Å². The van der Waals surface area contributed by atoms with E-state index in [1.54, 1.807) is 13.0 Å². The highest BCUT2D eigenvalue weighted by atomic mass is 19.1. The van der Waals surface area contributed by atoms with E-state index in [0.29, 0.717) is 18.8 Å². The van der Waals surface area contributed by atoms with Crippen LogP contribution in [0.4, 0.5) is 4.39 Å². The Morgan fingerprint density at radius 1 is 1.31 bits per heavy atom. The van der Waals surface area contributed by atoms with Gasteiger partial charge in [-0.05, 0) is 26.0 Å². The highest BCUT2D eigenvalue weighted by molar-refractivity contribution is 5.29. The van der Waals surface area contributed by atoms with Crippen molar-refractivity contribution in [3.8, 4) is 5.75 Å². The van der Waals surface area contributed by atoms with Crippen LogP contribution in [0, 0.1) is 5.82 Å². The number of rotatable bonds is 5. The van der Waals surface area contributed by atoms with Crippen LogP contribution in [0.15, 0.2) is 18.2 Å². The van der Waals surface area contributed by atoms with Gasteiger partial charge in [0.1, 0.15) is 11.6 Å². The van der Waals surface area contributed by atoms with Gasteiger partial charge in [-0.3, -0.25) is 0 Å². The van der Waals surface area contributed by atoms with Crippen LogP contribution < -0.4 is 4.74 Å². The molecular formula is C12H17FO3. The molecule has 0 fully saturated rings. The van der Waals surface area contributed by atoms with E-state index in [2.05, 4.69) is 0 Å². The number of aliphatic hydroxyl groups is 2. The Bertz CT molecular complexity index is 337. The molecule has 2 atom stereocenters. The molecule has 0 bridgehead atoms. The van der Waals surface area contributed by atoms with Gasteiger partial charge in [0, 0.05) is 18.1 Å². The van der Waals surface area contributed by atoms with Crippen molar-refractivity contribution in [2.75, 3.05) is 6.61 Å². The molecule has 90 valence electrons. The van der Waals surface area contributed by atoms with Crippen LogP contribution in [0.25, 0.3) is 0 Å². The molecule has 0 aliphatic rings. The Labute approximate surface area is 94.5 Å². The van der Waals surface area contributed by atoms with Crippen LogP contribution >= 0.6 is 0 Å². The summed E-state index contributed by atoms with van der Waals surface area (Å²) < 4.78 is 18.6. The molecule has 0 heterocycles. The number of ether oxygens (including phenoxy) is 1. The third kappa shape index (κ3) is 3.79. The number of hydrogen-bond acceptors (Lipinski definition) is 3. The first kappa shape index (κ1) is 12.9. The summed E-state index contributed by atoms with van der Waals surface area (Å²) in [6, 6.07) is 4.34. The van der Waals surface area contributed by atoms with Gasteiger partial charge in [0.15, 0.2) is 0 Å². The zero-order valence-electron chi connectivity index (χ0n) is 9.48. The zero-order chi connectivity index (χ0) is 12.1. The largest absolute Gasteiger partial charge is 0.493 e. The predicted octanol–water partition coefficient (Wildman–Crippen LogP) is 2.03. The molecule has 4 heteroatoms. The van der Waals surface area contributed by atoms with E-state index in [4.69, 9.17) is 9.84 Å². The Morgan fingerprint density at radius 2 is 2.00 bits per heavy atom. The molecule has 16 heavy (non-hydrogen) atoms. The van der Waals surface area contributed by atoms with Crippen LogP contribution in [0.5, 0.6) is 5.75 Å². The lowest BCUT2D eigenvalue weighted by molar-refractivity contribution is 0.155. The van der Waals surface area contributed by atoms with E-state index in [1.807, 2.05) is 0 Å². The van der Waals surface area contributed by atoms with Crippen molar-refractivity contribution in [2.45, 2.75) is 32.5 Å². The lowest BCUT2D eigenvalue weighted by Crippen LogP contribution is -2.07. The van der Waals surface area contributed by atoms with Crippen LogP contribution in [-0.4, -0.2) is 22.9 Å². The van der Waals surface area contributed by atoms with Crippen molar-refractivity contribution in [2.24, 2.45) is 0 Å². The van der Waals surface area contributed by atoms with Crippen molar-refractivity contribution >= 4 is 0 Å². The topological polar surface area (TPSA) is 49.7 Å². The summed E-state index contributed by atoms with van der Waals surface area (Å²) >= 11 is 0. The highest BCUT2D eigenvalue weighted by Gasteiger charge is 2.09. The molecule has 0 aliphatic heterocycles. The molecule has 1 aromatic rings. The van der Waals surface area contributed by atoms with E-state index in [-0.39, 0.29) is 5.56 Å². The van der Waals surface area contributed by atoms with Gasteiger partial charge in [-0.15, -0.1) is 0 Å². The van der Waals surface area contributed by atoms with Gasteiger partial charge in [0.2, 0.25) is 0 Å². The molecule has 2 N–H and O–H groups in total. The molecular weight excluding hydrogens is 211 g/mol. The molecule has 0 spiro atoms. The highest BCUT2D eigenvalue weighted by Crippen LogP contribution is 2.21. The molecule has 0 saturated carbocycles. The number of hydrogen-bond donors (Lipinski definition) is 2. The maximum Gasteiger partial charge on any atom is 0.132 e. The summed E-state index contributed by atoms with van der Waals surface area (Å²) in [5.74, 6) is -0.0768. The van der Waals surface area contributed by atoms with Gasteiger partial charge < -0.3 is 14.9 Å². The number of halogens is 1. The molecule has 2 unspecified atom stereocenters. The zero-order valence-corrected chi connectivity index (χ0v) is 9.48. The Balaban J connectivity index is 2.59. The minimum atomic E-state index is -0.827. The second-order valence-electron chi connectivity index (χ2n) is 3.85. The van der Waals surface area contributed by atoms with Crippen LogP contribution in [-0.2, 0) is 0 Å². The van der Waals surface area contributed by atoms with E-state index in [0.717, 1.165) is 0 Å². The lowest BCUT2D eigenvalue weighted by Gasteiger charge is -2.10. The number of aliphatic hydroxyl groups excluding tert-OH is 2. The molecule has 0 radical (unpaired) electrons. The molecule has 0 aromatic heterocycles. The third-order valence-electron chi connectivity index (χ3n) is 2.23. The molecule has 1 rings (SSSR count). The summed E-state index contributed by atoms with van der Waals surface area (Å²) in [5.41, 5.74) is 0.253. The van der Waals surface area contributed by atoms with Gasteiger partial charge in [0.25, 0.3) is 0 Å². The summed E-state index contributed by atoms with van der Waals surface area (Å²) in [4.78, 5) is 0. The maximum atomic E-state index is 13.4. The summed E-state index contributed by atoms with van der Waals surface area (Å²) in [5, 5.41) is 18.2. The van der Waals surface area contributed by atoms with E-state index < -0.39 is 18.0 Å². The average molecular weight is 228 g/mol. The SMILES string of the molecule is CC(O)CCOc1ccc(C(C)O)c(F)c1. The van der Waals surface area contributed by atoms with Gasteiger partial charge in [-0.25, -0.2) is 4.39 Å². The van der Waals surface area contributed by atoms with Gasteiger partial charge in [-0.1, -0.05) is 0 Å². The second kappa shape index (κ2) is 5.82. The molecule has 0 amide bonds. The molecule has 1 aromatic carbocycles. The quantitative estimate of drug-likeness (QED) is 0.810. The smallest absolute Gasteiger partial charge is 0.132 e. The van der Waals surface area contributed by atoms with Crippen LogP contribution in [0.1, 0.15) is 31.9 Å². The fourth-order valence-electron chi connectivity index (χ4n) is 1.28. The van der Waals surface area contributed by atoms with Crippen molar-refractivity contribution in [3.63, 3.8) is 0 Å².